The van der Waals surface area contributed by atoms with Crippen LogP contribution in [0.25, 0.3) is 0 Å². The van der Waals surface area contributed by atoms with Crippen LogP contribution in [0.5, 0.6) is 0 Å². The van der Waals surface area contributed by atoms with E-state index in [4.69, 9.17) is 0 Å². The van der Waals surface area contributed by atoms with Crippen molar-refractivity contribution in [3.05, 3.63) is 21.9 Å². The largest absolute Gasteiger partial charge is 0.550 e. The zero-order chi connectivity index (χ0) is 10.6. The number of rotatable bonds is 5. The lowest BCUT2D eigenvalue weighted by atomic mass is 10.1. The molecule has 0 aliphatic carbocycles. The molecule has 3 N–H and O–H groups in total. The first-order valence-corrected chi connectivity index (χ1v) is 5.50. The van der Waals surface area contributed by atoms with Gasteiger partial charge in [0.25, 0.3) is 0 Å². The topological polar surface area (TPSA) is 67.8 Å². The number of aliphatic carboxylic acids is 1. The molecule has 0 amide bonds. The van der Waals surface area contributed by atoms with E-state index in [-0.39, 0.29) is 12.5 Å². The maximum absolute atomic E-state index is 10.2. The summed E-state index contributed by atoms with van der Waals surface area (Å²) in [6, 6.07) is 4.35. The first kappa shape index (κ1) is 11.2. The molecule has 4 heteroatoms. The Bertz CT molecular complexity index is 309. The van der Waals surface area contributed by atoms with E-state index in [1.807, 2.05) is 0 Å². The summed E-state index contributed by atoms with van der Waals surface area (Å²) < 4.78 is 0. The Kier molecular flexibility index (Phi) is 4.10. The fraction of sp³-hybridized carbons (Fsp3) is 0.500. The van der Waals surface area contributed by atoms with Gasteiger partial charge in [0.2, 0.25) is 0 Å². The van der Waals surface area contributed by atoms with Gasteiger partial charge in [-0.3, -0.25) is 0 Å². The standard InChI is InChI=1S/C10H15NO2S/c1-7-5-6-9(14-7)8(11)3-2-4-10(12)13/h5-6,8H,2-4,11H2,1H3,(H,12,13)/t8-/m0/s1. The molecule has 0 aliphatic rings. The maximum Gasteiger partial charge on any atom is 0.119 e. The fourth-order valence-electron chi connectivity index (χ4n) is 1.31. The maximum atomic E-state index is 10.2. The normalized spacial score (nSPS) is 12.7. The van der Waals surface area contributed by atoms with Crippen LogP contribution in [0, 0.1) is 6.92 Å². The second kappa shape index (κ2) is 5.12. The number of quaternary nitrogens is 1. The van der Waals surface area contributed by atoms with Crippen LogP contribution >= 0.6 is 11.3 Å². The van der Waals surface area contributed by atoms with Crippen molar-refractivity contribution in [2.24, 2.45) is 0 Å². The molecule has 78 valence electrons. The summed E-state index contributed by atoms with van der Waals surface area (Å²) in [6.07, 6.45) is 1.59. The zero-order valence-corrected chi connectivity index (χ0v) is 9.10. The Balaban J connectivity index is 2.35. The molecule has 0 aromatic carbocycles. The summed E-state index contributed by atoms with van der Waals surface area (Å²) in [5.41, 5.74) is 4.02. The van der Waals surface area contributed by atoms with Crippen LogP contribution in [-0.4, -0.2) is 5.97 Å². The lowest BCUT2D eigenvalue weighted by Gasteiger charge is -2.06. The first-order valence-electron chi connectivity index (χ1n) is 4.69. The van der Waals surface area contributed by atoms with E-state index < -0.39 is 5.97 Å². The Hall–Kier alpha value is -0.870. The van der Waals surface area contributed by atoms with Gasteiger partial charge in [0.15, 0.2) is 0 Å². The van der Waals surface area contributed by atoms with Gasteiger partial charge < -0.3 is 15.6 Å². The van der Waals surface area contributed by atoms with Crippen LogP contribution in [0.1, 0.15) is 35.1 Å². The average molecular weight is 213 g/mol. The van der Waals surface area contributed by atoms with Gasteiger partial charge in [0.05, 0.1) is 4.88 Å². The van der Waals surface area contributed by atoms with Crippen LogP contribution in [-0.2, 0) is 4.79 Å². The van der Waals surface area contributed by atoms with Crippen molar-refractivity contribution in [2.75, 3.05) is 0 Å². The number of hydrogen-bond donors (Lipinski definition) is 1. The lowest BCUT2D eigenvalue weighted by molar-refractivity contribution is -0.427. The highest BCUT2D eigenvalue weighted by molar-refractivity contribution is 7.11. The summed E-state index contributed by atoms with van der Waals surface area (Å²) in [5.74, 6) is -0.973. The van der Waals surface area contributed by atoms with Crippen molar-refractivity contribution in [3.63, 3.8) is 0 Å². The summed E-state index contributed by atoms with van der Waals surface area (Å²) in [6.45, 7) is 2.06. The molecule has 3 nitrogen and oxygen atoms in total. The SMILES string of the molecule is Cc1ccc([C@@H]([NH3+])CCCC(=O)[O-])s1. The van der Waals surface area contributed by atoms with E-state index in [0.29, 0.717) is 6.42 Å². The molecule has 0 aliphatic heterocycles. The van der Waals surface area contributed by atoms with Crippen LogP contribution in [0.15, 0.2) is 12.1 Å². The smallest absolute Gasteiger partial charge is 0.119 e. The number of carboxylic acid groups (broad SMARTS) is 1. The fourth-order valence-corrected chi connectivity index (χ4v) is 2.24. The second-order valence-electron chi connectivity index (χ2n) is 3.41. The number of aryl methyl sites for hydroxylation is 1. The number of carbonyl (C=O) groups excluding carboxylic acids is 1. The monoisotopic (exact) mass is 213 g/mol. The molecule has 0 bridgehead atoms. The molecule has 14 heavy (non-hydrogen) atoms. The molecule has 1 aromatic rings. The number of hydrogen-bond acceptors (Lipinski definition) is 3. The average Bonchev–Trinajstić information content (AvgIpc) is 2.51. The van der Waals surface area contributed by atoms with E-state index >= 15 is 0 Å². The minimum atomic E-state index is -0.973. The minimum absolute atomic E-state index is 0.135. The third-order valence-electron chi connectivity index (χ3n) is 2.10. The van der Waals surface area contributed by atoms with Crippen molar-refractivity contribution in [3.8, 4) is 0 Å². The van der Waals surface area contributed by atoms with Gasteiger partial charge in [-0.25, -0.2) is 0 Å². The molecular weight excluding hydrogens is 198 g/mol. The van der Waals surface area contributed by atoms with E-state index in [9.17, 15) is 9.90 Å². The molecule has 1 aromatic heterocycles. The van der Waals surface area contributed by atoms with E-state index in [1.165, 1.54) is 9.75 Å². The van der Waals surface area contributed by atoms with Gasteiger partial charge in [0, 0.05) is 17.3 Å². The molecule has 0 radical (unpaired) electrons. The summed E-state index contributed by atoms with van der Waals surface area (Å²) in [5, 5.41) is 10.2. The van der Waals surface area contributed by atoms with Crippen molar-refractivity contribution >= 4 is 17.3 Å². The van der Waals surface area contributed by atoms with Crippen molar-refractivity contribution in [1.29, 1.82) is 0 Å². The van der Waals surface area contributed by atoms with Crippen molar-refractivity contribution in [1.82, 2.24) is 0 Å². The lowest BCUT2D eigenvalue weighted by Crippen LogP contribution is -2.53. The first-order chi connectivity index (χ1) is 6.59. The van der Waals surface area contributed by atoms with Crippen LogP contribution in [0.3, 0.4) is 0 Å². The van der Waals surface area contributed by atoms with Crippen LogP contribution in [0.2, 0.25) is 0 Å². The van der Waals surface area contributed by atoms with E-state index in [0.717, 1.165) is 6.42 Å². The number of carbonyl (C=O) groups is 1. The Labute approximate surface area is 87.6 Å². The summed E-state index contributed by atoms with van der Waals surface area (Å²) >= 11 is 1.73. The molecule has 0 saturated carbocycles. The highest BCUT2D eigenvalue weighted by atomic mass is 32.1. The molecule has 1 rings (SSSR count). The van der Waals surface area contributed by atoms with Gasteiger partial charge in [-0.05, 0) is 31.9 Å². The zero-order valence-electron chi connectivity index (χ0n) is 8.29. The molecule has 1 heterocycles. The second-order valence-corrected chi connectivity index (χ2v) is 4.73. The molecule has 0 unspecified atom stereocenters. The Morgan fingerprint density at radius 1 is 1.64 bits per heavy atom. The highest BCUT2D eigenvalue weighted by Crippen LogP contribution is 2.23. The molecule has 1 atom stereocenters. The molecule has 0 spiro atoms. The van der Waals surface area contributed by atoms with Crippen molar-refractivity contribution < 1.29 is 15.6 Å². The summed E-state index contributed by atoms with van der Waals surface area (Å²) in [4.78, 5) is 12.7. The quantitative estimate of drug-likeness (QED) is 0.762. The van der Waals surface area contributed by atoms with Gasteiger partial charge in [0.1, 0.15) is 6.04 Å². The molecule has 0 saturated heterocycles. The number of thiophene rings is 1. The van der Waals surface area contributed by atoms with E-state index in [2.05, 4.69) is 24.8 Å². The predicted octanol–water partition coefficient (Wildman–Crippen LogP) is 0.260. The Morgan fingerprint density at radius 2 is 2.36 bits per heavy atom. The van der Waals surface area contributed by atoms with Crippen LogP contribution in [0.4, 0.5) is 0 Å². The van der Waals surface area contributed by atoms with Gasteiger partial charge >= 0.3 is 0 Å². The third kappa shape index (κ3) is 3.47. The van der Waals surface area contributed by atoms with Gasteiger partial charge in [-0.2, -0.15) is 0 Å². The van der Waals surface area contributed by atoms with Crippen LogP contribution < -0.4 is 10.8 Å². The van der Waals surface area contributed by atoms with Gasteiger partial charge in [-0.15, -0.1) is 11.3 Å². The van der Waals surface area contributed by atoms with E-state index in [1.54, 1.807) is 11.3 Å². The van der Waals surface area contributed by atoms with Gasteiger partial charge in [-0.1, -0.05) is 0 Å². The number of carboxylic acids is 1. The predicted molar refractivity (Wildman–Crippen MR) is 53.5 cm³/mol. The Morgan fingerprint density at radius 3 is 2.86 bits per heavy atom. The minimum Gasteiger partial charge on any atom is -0.550 e. The third-order valence-corrected chi connectivity index (χ3v) is 3.26. The van der Waals surface area contributed by atoms with Crippen molar-refractivity contribution in [2.45, 2.75) is 32.2 Å². The highest BCUT2D eigenvalue weighted by Gasteiger charge is 2.10. The molecule has 0 fully saturated rings. The summed E-state index contributed by atoms with van der Waals surface area (Å²) in [7, 11) is 0. The molecular formula is C10H15NO2S.